The Morgan fingerprint density at radius 2 is 1.89 bits per heavy atom. The van der Waals surface area contributed by atoms with Gasteiger partial charge in [0.15, 0.2) is 6.54 Å². The number of nitrogens with two attached hydrogens (primary N) is 1. The highest BCUT2D eigenvalue weighted by atomic mass is 32.2. The first-order valence-corrected chi connectivity index (χ1v) is 11.2. The van der Waals surface area contributed by atoms with Gasteiger partial charge in [-0.15, -0.1) is 11.3 Å². The van der Waals surface area contributed by atoms with E-state index in [0.717, 1.165) is 25.7 Å². The van der Waals surface area contributed by atoms with Crippen LogP contribution in [0.25, 0.3) is 10.2 Å². The highest BCUT2D eigenvalue weighted by Gasteiger charge is 2.16. The van der Waals surface area contributed by atoms with Gasteiger partial charge in [0, 0.05) is 0 Å². The Balaban J connectivity index is 1.55. The number of aromatic nitrogens is 1. The third-order valence-corrected chi connectivity index (χ3v) is 6.31. The number of carbonyl (C=O) groups excluding carboxylic acids is 1. The van der Waals surface area contributed by atoms with Gasteiger partial charge in [0.2, 0.25) is 10.0 Å². The standard InChI is InChI=1S/C19H22N4O3S2/c1-13(14-7-9-15(10-8-14)28(20,25)26)21-18(24)11-23(2)12-19-22-16-5-3-4-6-17(16)27-19/h3-10,13H,11-12H2,1-2H3,(H,21,24)(H2,20,25,26)/p+1/t13-/m1/s1. The average molecular weight is 420 g/mol. The van der Waals surface area contributed by atoms with E-state index in [-0.39, 0.29) is 16.8 Å². The van der Waals surface area contributed by atoms with Crippen molar-refractivity contribution in [1.29, 1.82) is 0 Å². The highest BCUT2D eigenvalue weighted by Crippen LogP contribution is 2.20. The van der Waals surface area contributed by atoms with Crippen LogP contribution in [0.4, 0.5) is 0 Å². The number of nitrogens with one attached hydrogen (secondary N) is 2. The molecule has 0 fully saturated rings. The van der Waals surface area contributed by atoms with Crippen molar-refractivity contribution in [2.24, 2.45) is 5.14 Å². The minimum absolute atomic E-state index is 0.0507. The molecule has 0 saturated heterocycles. The number of amides is 1. The Morgan fingerprint density at radius 3 is 2.54 bits per heavy atom. The fourth-order valence-corrected chi connectivity index (χ4v) is 4.51. The molecular weight excluding hydrogens is 396 g/mol. The van der Waals surface area contributed by atoms with Crippen molar-refractivity contribution in [3.05, 3.63) is 59.1 Å². The molecule has 1 heterocycles. The number of rotatable bonds is 7. The molecule has 3 aromatic rings. The van der Waals surface area contributed by atoms with E-state index in [4.69, 9.17) is 5.14 Å². The van der Waals surface area contributed by atoms with Crippen molar-refractivity contribution < 1.29 is 18.1 Å². The second-order valence-electron chi connectivity index (χ2n) is 6.79. The van der Waals surface area contributed by atoms with E-state index >= 15 is 0 Å². The summed E-state index contributed by atoms with van der Waals surface area (Å²) in [6.45, 7) is 2.84. The second-order valence-corrected chi connectivity index (χ2v) is 9.47. The van der Waals surface area contributed by atoms with E-state index in [0.29, 0.717) is 13.1 Å². The highest BCUT2D eigenvalue weighted by molar-refractivity contribution is 7.89. The third kappa shape index (κ3) is 5.14. The van der Waals surface area contributed by atoms with E-state index in [2.05, 4.69) is 10.3 Å². The molecule has 2 atom stereocenters. The molecule has 0 bridgehead atoms. The van der Waals surface area contributed by atoms with E-state index in [1.165, 1.54) is 12.1 Å². The lowest BCUT2D eigenvalue weighted by Crippen LogP contribution is -3.08. The number of likely N-dealkylation sites (N-methyl/N-ethyl adjacent to an activating group) is 1. The van der Waals surface area contributed by atoms with Crippen LogP contribution in [0.3, 0.4) is 0 Å². The van der Waals surface area contributed by atoms with E-state index < -0.39 is 10.0 Å². The zero-order valence-electron chi connectivity index (χ0n) is 15.7. The Kier molecular flexibility index (Phi) is 6.09. The lowest BCUT2D eigenvalue weighted by Gasteiger charge is -2.17. The van der Waals surface area contributed by atoms with Crippen molar-refractivity contribution in [1.82, 2.24) is 10.3 Å². The summed E-state index contributed by atoms with van der Waals surface area (Å²) in [7, 11) is -1.76. The van der Waals surface area contributed by atoms with Crippen molar-refractivity contribution in [3.63, 3.8) is 0 Å². The maximum atomic E-state index is 12.4. The van der Waals surface area contributed by atoms with Gasteiger partial charge < -0.3 is 10.2 Å². The number of fused-ring (bicyclic) bond motifs is 1. The summed E-state index contributed by atoms with van der Waals surface area (Å²) in [5.41, 5.74) is 1.79. The number of sulfonamides is 1. The molecule has 3 rings (SSSR count). The quantitative estimate of drug-likeness (QED) is 0.527. The lowest BCUT2D eigenvalue weighted by atomic mass is 10.1. The summed E-state index contributed by atoms with van der Waals surface area (Å²) in [6, 6.07) is 13.9. The van der Waals surface area contributed by atoms with Crippen LogP contribution in [0.2, 0.25) is 0 Å². The first-order valence-electron chi connectivity index (χ1n) is 8.80. The van der Waals surface area contributed by atoms with Crippen LogP contribution in [0.1, 0.15) is 23.5 Å². The van der Waals surface area contributed by atoms with Crippen molar-refractivity contribution in [2.45, 2.75) is 24.4 Å². The minimum atomic E-state index is -3.72. The molecule has 4 N–H and O–H groups in total. The zero-order valence-corrected chi connectivity index (χ0v) is 17.3. The summed E-state index contributed by atoms with van der Waals surface area (Å²) in [4.78, 5) is 18.1. The largest absolute Gasteiger partial charge is 0.345 e. The molecule has 0 aliphatic rings. The predicted molar refractivity (Wildman–Crippen MR) is 109 cm³/mol. The minimum Gasteiger partial charge on any atom is -0.345 e. The van der Waals surface area contributed by atoms with Crippen LogP contribution in [0.15, 0.2) is 53.4 Å². The Bertz CT molecular complexity index is 1050. The molecule has 0 aliphatic heterocycles. The molecule has 148 valence electrons. The van der Waals surface area contributed by atoms with Crippen LogP contribution < -0.4 is 15.4 Å². The fourth-order valence-electron chi connectivity index (χ4n) is 2.91. The smallest absolute Gasteiger partial charge is 0.275 e. The van der Waals surface area contributed by atoms with Crippen LogP contribution in [0, 0.1) is 0 Å². The van der Waals surface area contributed by atoms with Gasteiger partial charge in [-0.05, 0) is 36.8 Å². The van der Waals surface area contributed by atoms with Crippen LogP contribution in [-0.2, 0) is 21.4 Å². The molecule has 0 saturated carbocycles. The summed E-state index contributed by atoms with van der Waals surface area (Å²) in [5.74, 6) is -0.0818. The van der Waals surface area contributed by atoms with Crippen molar-refractivity contribution >= 4 is 37.5 Å². The molecule has 1 amide bonds. The van der Waals surface area contributed by atoms with E-state index in [9.17, 15) is 13.2 Å². The van der Waals surface area contributed by atoms with Gasteiger partial charge >= 0.3 is 0 Å². The first kappa shape index (κ1) is 20.4. The molecule has 0 spiro atoms. The summed E-state index contributed by atoms with van der Waals surface area (Å²) in [6.07, 6.45) is 0. The van der Waals surface area contributed by atoms with Gasteiger partial charge in [-0.2, -0.15) is 0 Å². The Morgan fingerprint density at radius 1 is 1.21 bits per heavy atom. The number of primary sulfonamides is 1. The molecule has 9 heteroatoms. The summed E-state index contributed by atoms with van der Waals surface area (Å²) in [5, 5.41) is 9.04. The van der Waals surface area contributed by atoms with Gasteiger partial charge in [0.05, 0.1) is 28.2 Å². The number of nitrogens with zero attached hydrogens (tertiary/aromatic N) is 1. The zero-order chi connectivity index (χ0) is 20.3. The number of benzene rings is 2. The van der Waals surface area contributed by atoms with Crippen LogP contribution in [0.5, 0.6) is 0 Å². The topological polar surface area (TPSA) is 107 Å². The number of carbonyl (C=O) groups is 1. The molecule has 1 unspecified atom stereocenters. The monoisotopic (exact) mass is 419 g/mol. The van der Waals surface area contributed by atoms with Gasteiger partial charge in [-0.3, -0.25) is 4.79 Å². The summed E-state index contributed by atoms with van der Waals surface area (Å²) < 4.78 is 23.8. The molecule has 7 nitrogen and oxygen atoms in total. The number of para-hydroxylation sites is 1. The van der Waals surface area contributed by atoms with Gasteiger partial charge in [0.25, 0.3) is 5.91 Å². The molecule has 0 aliphatic carbocycles. The number of hydrogen-bond donors (Lipinski definition) is 3. The summed E-state index contributed by atoms with van der Waals surface area (Å²) >= 11 is 1.64. The normalized spacial score (nSPS) is 14.0. The van der Waals surface area contributed by atoms with Crippen molar-refractivity contribution in [3.8, 4) is 0 Å². The second kappa shape index (κ2) is 8.36. The lowest BCUT2D eigenvalue weighted by molar-refractivity contribution is -0.885. The Labute approximate surface area is 168 Å². The SMILES string of the molecule is C[C@@H](NC(=O)C[NH+](C)Cc1nc2ccccc2s1)c1ccc(S(N)(=O)=O)cc1. The molecule has 2 aromatic carbocycles. The number of quaternary nitrogens is 1. The van der Waals surface area contributed by atoms with Gasteiger partial charge in [0.1, 0.15) is 11.6 Å². The van der Waals surface area contributed by atoms with Crippen molar-refractivity contribution in [2.75, 3.05) is 13.6 Å². The van der Waals surface area contributed by atoms with Gasteiger partial charge in [-0.1, -0.05) is 24.3 Å². The van der Waals surface area contributed by atoms with E-state index in [1.54, 1.807) is 23.5 Å². The Hall–Kier alpha value is -2.33. The molecule has 1 aromatic heterocycles. The molecular formula is C19H23N4O3S2+. The van der Waals surface area contributed by atoms with E-state index in [1.807, 2.05) is 38.2 Å². The maximum absolute atomic E-state index is 12.4. The predicted octanol–water partition coefficient (Wildman–Crippen LogP) is 0.836. The number of thiazole rings is 1. The van der Waals surface area contributed by atoms with Crippen LogP contribution >= 0.6 is 11.3 Å². The van der Waals surface area contributed by atoms with Crippen LogP contribution in [-0.4, -0.2) is 32.9 Å². The fraction of sp³-hybridized carbons (Fsp3) is 0.263. The first-order chi connectivity index (χ1) is 13.2. The third-order valence-electron chi connectivity index (χ3n) is 4.34. The molecule has 28 heavy (non-hydrogen) atoms. The molecule has 0 radical (unpaired) electrons. The number of hydrogen-bond acceptors (Lipinski definition) is 5. The van der Waals surface area contributed by atoms with Gasteiger partial charge in [-0.25, -0.2) is 18.5 Å². The average Bonchev–Trinajstić information content (AvgIpc) is 3.02. The maximum Gasteiger partial charge on any atom is 0.275 e.